The Kier molecular flexibility index (Phi) is 6.08. The van der Waals surface area contributed by atoms with E-state index in [1.165, 1.54) is 23.5 Å². The third kappa shape index (κ3) is 4.64. The molecule has 3 aromatic rings. The minimum atomic E-state index is -0.304. The van der Waals surface area contributed by atoms with E-state index < -0.39 is 0 Å². The molecule has 0 aliphatic rings. The number of aromatic nitrogens is 3. The van der Waals surface area contributed by atoms with Gasteiger partial charge in [-0.3, -0.25) is 4.79 Å². The number of fused-ring (bicyclic) bond motifs is 1. The van der Waals surface area contributed by atoms with Crippen molar-refractivity contribution in [3.63, 3.8) is 0 Å². The van der Waals surface area contributed by atoms with E-state index in [1.54, 1.807) is 13.2 Å². The molecule has 3 rings (SSSR count). The van der Waals surface area contributed by atoms with Gasteiger partial charge in [0, 0.05) is 20.1 Å². The third-order valence-corrected chi connectivity index (χ3v) is 5.04. The minimum Gasteiger partial charge on any atom is -0.385 e. The summed E-state index contributed by atoms with van der Waals surface area (Å²) < 4.78 is 19.2. The summed E-state index contributed by atoms with van der Waals surface area (Å²) in [5.74, 6) is -0.0640. The summed E-state index contributed by atoms with van der Waals surface area (Å²) in [6, 6.07) is 6.10. The third-order valence-electron chi connectivity index (χ3n) is 4.07. The number of ether oxygens (including phenoxy) is 1. The molecule has 142 valence electrons. The van der Waals surface area contributed by atoms with Crippen molar-refractivity contribution in [3.05, 3.63) is 46.3 Å². The summed E-state index contributed by atoms with van der Waals surface area (Å²) in [4.78, 5) is 25.9. The topological polar surface area (TPSA) is 77.0 Å². The molecule has 0 saturated carbocycles. The van der Waals surface area contributed by atoms with Crippen molar-refractivity contribution in [2.75, 3.05) is 19.0 Å². The Bertz CT molecular complexity index is 960. The van der Waals surface area contributed by atoms with Gasteiger partial charge in [0.15, 0.2) is 11.4 Å². The number of ketones is 1. The zero-order valence-electron chi connectivity index (χ0n) is 15.5. The molecule has 0 amide bonds. The van der Waals surface area contributed by atoms with Crippen LogP contribution in [0.4, 0.5) is 10.3 Å². The SMILES string of the molecule is COCCCC(=O)c1nc(NC(C)c2cccc(F)c2)nc2nc(C)sc12. The van der Waals surface area contributed by atoms with Crippen molar-refractivity contribution in [3.8, 4) is 0 Å². The molecule has 2 aromatic heterocycles. The highest BCUT2D eigenvalue weighted by Crippen LogP contribution is 2.27. The number of hydrogen-bond donors (Lipinski definition) is 1. The van der Waals surface area contributed by atoms with Crippen LogP contribution in [-0.4, -0.2) is 34.5 Å². The number of rotatable bonds is 8. The van der Waals surface area contributed by atoms with Gasteiger partial charge in [-0.2, -0.15) is 4.98 Å². The van der Waals surface area contributed by atoms with Gasteiger partial charge < -0.3 is 10.1 Å². The minimum absolute atomic E-state index is 0.0652. The number of carbonyl (C=O) groups excluding carboxylic acids is 1. The molecule has 6 nitrogen and oxygen atoms in total. The number of methoxy groups -OCH3 is 1. The van der Waals surface area contributed by atoms with Crippen LogP contribution in [0.5, 0.6) is 0 Å². The standard InChI is InChI=1S/C19H21FN4O2S/c1-11(13-6-4-7-14(20)10-13)21-19-23-16(15(25)8-5-9-26-3)17-18(24-19)22-12(2)27-17/h4,6-7,10-11H,5,8-9H2,1-3H3,(H,21,23,24). The first-order chi connectivity index (χ1) is 13.0. The number of thiazole rings is 1. The number of carbonyl (C=O) groups is 1. The molecular weight excluding hydrogens is 367 g/mol. The lowest BCUT2D eigenvalue weighted by molar-refractivity contribution is 0.0960. The lowest BCUT2D eigenvalue weighted by Gasteiger charge is -2.15. The van der Waals surface area contributed by atoms with Gasteiger partial charge in [0.2, 0.25) is 5.95 Å². The lowest BCUT2D eigenvalue weighted by Crippen LogP contribution is -2.13. The number of hydrogen-bond acceptors (Lipinski definition) is 7. The van der Waals surface area contributed by atoms with Crippen LogP contribution < -0.4 is 5.32 Å². The van der Waals surface area contributed by atoms with Gasteiger partial charge in [0.05, 0.1) is 11.0 Å². The van der Waals surface area contributed by atoms with Gasteiger partial charge in [-0.15, -0.1) is 11.3 Å². The Labute approximate surface area is 160 Å². The summed E-state index contributed by atoms with van der Waals surface area (Å²) in [6.45, 7) is 4.27. The monoisotopic (exact) mass is 388 g/mol. The van der Waals surface area contributed by atoms with Crippen LogP contribution in [0.2, 0.25) is 0 Å². The van der Waals surface area contributed by atoms with Gasteiger partial charge in [0.25, 0.3) is 0 Å². The lowest BCUT2D eigenvalue weighted by atomic mass is 10.1. The van der Waals surface area contributed by atoms with Crippen LogP contribution in [0.1, 0.15) is 46.9 Å². The highest BCUT2D eigenvalue weighted by Gasteiger charge is 2.19. The predicted octanol–water partition coefficient (Wildman–Crippen LogP) is 4.32. The van der Waals surface area contributed by atoms with E-state index in [-0.39, 0.29) is 17.6 Å². The van der Waals surface area contributed by atoms with E-state index in [9.17, 15) is 9.18 Å². The van der Waals surface area contributed by atoms with E-state index in [4.69, 9.17) is 4.74 Å². The second-order valence-electron chi connectivity index (χ2n) is 6.22. The van der Waals surface area contributed by atoms with Crippen LogP contribution in [0.15, 0.2) is 24.3 Å². The van der Waals surface area contributed by atoms with Crippen molar-refractivity contribution in [2.45, 2.75) is 32.7 Å². The molecule has 0 saturated heterocycles. The summed E-state index contributed by atoms with van der Waals surface area (Å²) >= 11 is 1.41. The zero-order chi connectivity index (χ0) is 19.4. The first-order valence-corrected chi connectivity index (χ1v) is 9.49. The molecule has 0 spiro atoms. The molecule has 8 heteroatoms. The molecule has 0 aliphatic carbocycles. The summed E-state index contributed by atoms with van der Waals surface area (Å²) in [6.07, 6.45) is 0.969. The fourth-order valence-electron chi connectivity index (χ4n) is 2.73. The molecule has 1 atom stereocenters. The normalized spacial score (nSPS) is 12.3. The summed E-state index contributed by atoms with van der Waals surface area (Å²) in [5, 5.41) is 3.97. The molecule has 0 aliphatic heterocycles. The van der Waals surface area contributed by atoms with Crippen LogP contribution >= 0.6 is 11.3 Å². The number of nitrogens with one attached hydrogen (secondary N) is 1. The zero-order valence-corrected chi connectivity index (χ0v) is 16.3. The number of halogens is 1. The average Bonchev–Trinajstić information content (AvgIpc) is 3.01. The average molecular weight is 388 g/mol. The molecule has 0 bridgehead atoms. The maximum absolute atomic E-state index is 13.5. The van der Waals surface area contributed by atoms with E-state index in [1.807, 2.05) is 19.9 Å². The number of anilines is 1. The van der Waals surface area contributed by atoms with E-state index >= 15 is 0 Å². The van der Waals surface area contributed by atoms with Crippen molar-refractivity contribution >= 4 is 33.4 Å². The maximum Gasteiger partial charge on any atom is 0.225 e. The van der Waals surface area contributed by atoms with Crippen LogP contribution in [0.25, 0.3) is 10.3 Å². The van der Waals surface area contributed by atoms with Crippen LogP contribution in [-0.2, 0) is 4.74 Å². The Morgan fingerprint density at radius 1 is 1.33 bits per heavy atom. The van der Waals surface area contributed by atoms with Crippen LogP contribution in [0, 0.1) is 12.7 Å². The summed E-state index contributed by atoms with van der Waals surface area (Å²) in [5.41, 5.74) is 1.63. The number of benzene rings is 1. The summed E-state index contributed by atoms with van der Waals surface area (Å²) in [7, 11) is 1.61. The maximum atomic E-state index is 13.5. The molecule has 0 fully saturated rings. The number of nitrogens with zero attached hydrogens (tertiary/aromatic N) is 3. The Morgan fingerprint density at radius 2 is 2.15 bits per heavy atom. The second kappa shape index (κ2) is 8.49. The fourth-order valence-corrected chi connectivity index (χ4v) is 3.60. The quantitative estimate of drug-likeness (QED) is 0.458. The van der Waals surface area contributed by atoms with Gasteiger partial charge in [-0.1, -0.05) is 12.1 Å². The van der Waals surface area contributed by atoms with Crippen LogP contribution in [0.3, 0.4) is 0 Å². The van der Waals surface area contributed by atoms with Gasteiger partial charge in [-0.25, -0.2) is 14.4 Å². The highest BCUT2D eigenvalue weighted by atomic mass is 32.1. The fraction of sp³-hybridized carbons (Fsp3) is 0.368. The predicted molar refractivity (Wildman–Crippen MR) is 104 cm³/mol. The first kappa shape index (κ1) is 19.3. The smallest absolute Gasteiger partial charge is 0.225 e. The van der Waals surface area contributed by atoms with Crippen molar-refractivity contribution in [1.29, 1.82) is 0 Å². The van der Waals surface area contributed by atoms with Gasteiger partial charge in [0.1, 0.15) is 16.2 Å². The Hall–Kier alpha value is -2.45. The molecule has 1 unspecified atom stereocenters. The number of Topliss-reactive ketones (excluding diaryl/α,β-unsaturated/α-hetero) is 1. The molecule has 0 radical (unpaired) electrons. The Balaban J connectivity index is 1.90. The van der Waals surface area contributed by atoms with E-state index in [2.05, 4.69) is 20.3 Å². The molecular formula is C19H21FN4O2S. The molecule has 2 heterocycles. The van der Waals surface area contributed by atoms with Crippen molar-refractivity contribution < 1.29 is 13.9 Å². The highest BCUT2D eigenvalue weighted by molar-refractivity contribution is 7.18. The van der Waals surface area contributed by atoms with Gasteiger partial charge in [-0.05, 0) is 38.0 Å². The van der Waals surface area contributed by atoms with Crippen molar-refractivity contribution in [2.24, 2.45) is 0 Å². The van der Waals surface area contributed by atoms with E-state index in [0.717, 1.165) is 10.6 Å². The number of aryl methyl sites for hydroxylation is 1. The second-order valence-corrected chi connectivity index (χ2v) is 7.43. The van der Waals surface area contributed by atoms with Crippen molar-refractivity contribution in [1.82, 2.24) is 15.0 Å². The van der Waals surface area contributed by atoms with Gasteiger partial charge >= 0.3 is 0 Å². The van der Waals surface area contributed by atoms with E-state index in [0.29, 0.717) is 41.4 Å². The first-order valence-electron chi connectivity index (χ1n) is 8.67. The molecule has 1 aromatic carbocycles. The molecule has 27 heavy (non-hydrogen) atoms. The largest absolute Gasteiger partial charge is 0.385 e. The molecule has 1 N–H and O–H groups in total. The Morgan fingerprint density at radius 3 is 2.89 bits per heavy atom.